The maximum atomic E-state index is 12.1. The standard InChI is InChI=1S/C18H15N3O3/c22-16(8-12-4-2-1-3-5-12)21-14-9-15-13(6-7-17(23)24)10-19-18(15)20-11-14/h1-7,9-11H,8H2,(H,19,20)(H,21,22)(H,23,24)/b7-6+. The summed E-state index contributed by atoms with van der Waals surface area (Å²) in [7, 11) is 0. The van der Waals surface area contributed by atoms with Gasteiger partial charge in [-0.3, -0.25) is 4.79 Å². The molecule has 0 spiro atoms. The van der Waals surface area contributed by atoms with Gasteiger partial charge in [-0.25, -0.2) is 9.78 Å². The fourth-order valence-corrected chi connectivity index (χ4v) is 2.38. The second kappa shape index (κ2) is 6.78. The highest BCUT2D eigenvalue weighted by Gasteiger charge is 2.08. The van der Waals surface area contributed by atoms with Crippen molar-refractivity contribution in [2.24, 2.45) is 0 Å². The van der Waals surface area contributed by atoms with Gasteiger partial charge in [-0.15, -0.1) is 0 Å². The summed E-state index contributed by atoms with van der Waals surface area (Å²) in [6.45, 7) is 0. The molecule has 0 fully saturated rings. The lowest BCUT2D eigenvalue weighted by molar-refractivity contribution is -0.131. The Kier molecular flexibility index (Phi) is 4.38. The van der Waals surface area contributed by atoms with Gasteiger partial charge in [0.1, 0.15) is 5.65 Å². The third-order valence-corrected chi connectivity index (χ3v) is 3.46. The number of carbonyl (C=O) groups is 2. The Hall–Kier alpha value is -3.41. The first kappa shape index (κ1) is 15.5. The van der Waals surface area contributed by atoms with Crippen LogP contribution in [-0.2, 0) is 16.0 Å². The minimum Gasteiger partial charge on any atom is -0.478 e. The second-order valence-corrected chi connectivity index (χ2v) is 5.25. The zero-order chi connectivity index (χ0) is 16.9. The molecule has 0 aliphatic heterocycles. The zero-order valence-electron chi connectivity index (χ0n) is 12.7. The number of amides is 1. The van der Waals surface area contributed by atoms with Crippen molar-refractivity contribution in [1.29, 1.82) is 0 Å². The summed E-state index contributed by atoms with van der Waals surface area (Å²) >= 11 is 0. The first-order chi connectivity index (χ1) is 11.6. The van der Waals surface area contributed by atoms with Crippen molar-refractivity contribution in [2.45, 2.75) is 6.42 Å². The number of pyridine rings is 1. The van der Waals surface area contributed by atoms with Crippen molar-refractivity contribution in [1.82, 2.24) is 9.97 Å². The first-order valence-electron chi connectivity index (χ1n) is 7.34. The molecule has 1 aromatic carbocycles. The summed E-state index contributed by atoms with van der Waals surface area (Å²) in [6, 6.07) is 11.2. The Morgan fingerprint density at radius 2 is 2.04 bits per heavy atom. The molecule has 0 aliphatic carbocycles. The number of nitrogens with zero attached hydrogens (tertiary/aromatic N) is 1. The second-order valence-electron chi connectivity index (χ2n) is 5.25. The molecule has 6 heteroatoms. The number of anilines is 1. The summed E-state index contributed by atoms with van der Waals surface area (Å²) in [5, 5.41) is 12.3. The Balaban J connectivity index is 1.78. The minimum atomic E-state index is -1.02. The molecular weight excluding hydrogens is 306 g/mol. The van der Waals surface area contributed by atoms with Gasteiger partial charge in [0.15, 0.2) is 0 Å². The number of aromatic amines is 1. The Labute approximate surface area is 137 Å². The number of fused-ring (bicyclic) bond motifs is 1. The molecule has 0 radical (unpaired) electrons. The quantitative estimate of drug-likeness (QED) is 0.630. The summed E-state index contributed by atoms with van der Waals surface area (Å²) in [4.78, 5) is 30.0. The maximum absolute atomic E-state index is 12.1. The molecule has 24 heavy (non-hydrogen) atoms. The van der Waals surface area contributed by atoms with Crippen LogP contribution in [0.5, 0.6) is 0 Å². The van der Waals surface area contributed by atoms with Gasteiger partial charge in [0.25, 0.3) is 0 Å². The first-order valence-corrected chi connectivity index (χ1v) is 7.34. The molecule has 0 aliphatic rings. The maximum Gasteiger partial charge on any atom is 0.328 e. The molecule has 3 aromatic rings. The number of benzene rings is 1. The van der Waals surface area contributed by atoms with Gasteiger partial charge < -0.3 is 15.4 Å². The van der Waals surface area contributed by atoms with Crippen LogP contribution in [0.2, 0.25) is 0 Å². The molecule has 120 valence electrons. The van der Waals surface area contributed by atoms with Gasteiger partial charge in [0.2, 0.25) is 5.91 Å². The van der Waals surface area contributed by atoms with E-state index in [2.05, 4.69) is 15.3 Å². The molecular formula is C18H15N3O3. The number of H-pyrrole nitrogens is 1. The number of carboxylic acid groups (broad SMARTS) is 1. The van der Waals surface area contributed by atoms with E-state index < -0.39 is 5.97 Å². The van der Waals surface area contributed by atoms with Crippen LogP contribution >= 0.6 is 0 Å². The molecule has 3 rings (SSSR count). The molecule has 1 amide bonds. The van der Waals surface area contributed by atoms with Crippen LogP contribution in [0.3, 0.4) is 0 Å². The highest BCUT2D eigenvalue weighted by molar-refractivity contribution is 5.96. The molecule has 0 saturated heterocycles. The molecule has 0 bridgehead atoms. The lowest BCUT2D eigenvalue weighted by Crippen LogP contribution is -2.14. The van der Waals surface area contributed by atoms with Crippen molar-refractivity contribution in [3.63, 3.8) is 0 Å². The van der Waals surface area contributed by atoms with E-state index in [1.54, 1.807) is 18.5 Å². The molecule has 0 unspecified atom stereocenters. The van der Waals surface area contributed by atoms with Gasteiger partial charge >= 0.3 is 5.97 Å². The van der Waals surface area contributed by atoms with Crippen LogP contribution in [0, 0.1) is 0 Å². The van der Waals surface area contributed by atoms with E-state index in [0.29, 0.717) is 16.9 Å². The predicted octanol–water partition coefficient (Wildman–Crippen LogP) is 2.84. The number of hydrogen-bond acceptors (Lipinski definition) is 3. The Morgan fingerprint density at radius 3 is 2.79 bits per heavy atom. The Morgan fingerprint density at radius 1 is 1.25 bits per heavy atom. The summed E-state index contributed by atoms with van der Waals surface area (Å²) in [5.41, 5.74) is 2.81. The lowest BCUT2D eigenvalue weighted by Gasteiger charge is -2.05. The average Bonchev–Trinajstić information content (AvgIpc) is 2.96. The van der Waals surface area contributed by atoms with Gasteiger partial charge in [-0.05, 0) is 17.7 Å². The SMILES string of the molecule is O=C(O)/C=C/c1c[nH]c2ncc(NC(=O)Cc3ccccc3)cc12. The van der Waals surface area contributed by atoms with Gasteiger partial charge in [-0.2, -0.15) is 0 Å². The summed E-state index contributed by atoms with van der Waals surface area (Å²) in [5.74, 6) is -1.16. The van der Waals surface area contributed by atoms with E-state index >= 15 is 0 Å². The lowest BCUT2D eigenvalue weighted by atomic mass is 10.1. The number of hydrogen-bond donors (Lipinski definition) is 3. The molecule has 2 heterocycles. The van der Waals surface area contributed by atoms with E-state index in [0.717, 1.165) is 17.0 Å². The number of aromatic nitrogens is 2. The molecule has 6 nitrogen and oxygen atoms in total. The van der Waals surface area contributed by atoms with Crippen LogP contribution in [0.25, 0.3) is 17.1 Å². The van der Waals surface area contributed by atoms with Crippen molar-refractivity contribution in [2.75, 3.05) is 5.32 Å². The van der Waals surface area contributed by atoms with Crippen molar-refractivity contribution in [3.8, 4) is 0 Å². The number of aliphatic carboxylic acids is 1. The summed E-state index contributed by atoms with van der Waals surface area (Å²) < 4.78 is 0. The highest BCUT2D eigenvalue weighted by Crippen LogP contribution is 2.21. The van der Waals surface area contributed by atoms with Gasteiger partial charge in [0, 0.05) is 23.2 Å². The van der Waals surface area contributed by atoms with Crippen molar-refractivity contribution in [3.05, 3.63) is 66.0 Å². The van der Waals surface area contributed by atoms with Crippen LogP contribution in [-0.4, -0.2) is 27.0 Å². The van der Waals surface area contributed by atoms with Gasteiger partial charge in [0.05, 0.1) is 18.3 Å². The van der Waals surface area contributed by atoms with Crippen molar-refractivity contribution >= 4 is 34.7 Å². The van der Waals surface area contributed by atoms with E-state index in [-0.39, 0.29) is 12.3 Å². The molecule has 3 N–H and O–H groups in total. The smallest absolute Gasteiger partial charge is 0.328 e. The number of carbonyl (C=O) groups excluding carboxylic acids is 1. The molecule has 0 atom stereocenters. The fraction of sp³-hybridized carbons (Fsp3) is 0.0556. The number of rotatable bonds is 5. The fourth-order valence-electron chi connectivity index (χ4n) is 2.38. The third kappa shape index (κ3) is 3.67. The minimum absolute atomic E-state index is 0.138. The van der Waals surface area contributed by atoms with Crippen LogP contribution in [0.15, 0.2) is 54.9 Å². The number of carboxylic acids is 1. The van der Waals surface area contributed by atoms with E-state index in [4.69, 9.17) is 5.11 Å². The highest BCUT2D eigenvalue weighted by atomic mass is 16.4. The van der Waals surface area contributed by atoms with Crippen LogP contribution in [0.1, 0.15) is 11.1 Å². The monoisotopic (exact) mass is 321 g/mol. The molecule has 2 aromatic heterocycles. The average molecular weight is 321 g/mol. The van der Waals surface area contributed by atoms with Crippen LogP contribution in [0.4, 0.5) is 5.69 Å². The largest absolute Gasteiger partial charge is 0.478 e. The normalized spacial score (nSPS) is 11.0. The van der Waals surface area contributed by atoms with Crippen molar-refractivity contribution < 1.29 is 14.7 Å². The van der Waals surface area contributed by atoms with Gasteiger partial charge in [-0.1, -0.05) is 30.3 Å². The van der Waals surface area contributed by atoms with E-state index in [1.807, 2.05) is 30.3 Å². The number of nitrogens with one attached hydrogen (secondary N) is 2. The topological polar surface area (TPSA) is 95.1 Å². The summed E-state index contributed by atoms with van der Waals surface area (Å²) in [6.07, 6.45) is 6.05. The zero-order valence-corrected chi connectivity index (χ0v) is 12.7. The Bertz CT molecular complexity index is 914. The van der Waals surface area contributed by atoms with E-state index in [1.165, 1.54) is 6.08 Å². The third-order valence-electron chi connectivity index (χ3n) is 3.46. The molecule has 0 saturated carbocycles. The predicted molar refractivity (Wildman–Crippen MR) is 91.5 cm³/mol. The van der Waals surface area contributed by atoms with E-state index in [9.17, 15) is 9.59 Å². The van der Waals surface area contributed by atoms with Crippen LogP contribution < -0.4 is 5.32 Å².